The van der Waals surface area contributed by atoms with E-state index >= 15 is 0 Å². The molecule has 35 heavy (non-hydrogen) atoms. The van der Waals surface area contributed by atoms with Crippen LogP contribution in [0.1, 0.15) is 54.4 Å². The molecule has 1 unspecified atom stereocenters. The summed E-state index contributed by atoms with van der Waals surface area (Å²) in [6.45, 7) is 4.27. The second kappa shape index (κ2) is 10.7. The van der Waals surface area contributed by atoms with Crippen molar-refractivity contribution < 1.29 is 9.59 Å². The molecule has 2 heterocycles. The highest BCUT2D eigenvalue weighted by atomic mass is 35.5. The molecule has 1 saturated carbocycles. The molecule has 1 atom stereocenters. The molecule has 0 spiro atoms. The van der Waals surface area contributed by atoms with E-state index in [1.54, 1.807) is 0 Å². The Labute approximate surface area is 214 Å². The van der Waals surface area contributed by atoms with E-state index in [-0.39, 0.29) is 11.8 Å². The molecule has 2 saturated heterocycles. The zero-order valence-corrected chi connectivity index (χ0v) is 21.5. The quantitative estimate of drug-likeness (QED) is 0.580. The SMILES string of the molecule is CN1CCN(C(=O)c2ccc(-c3ccc(CC4CCN(C5CCCCC5)C4=O)c(Cl)c3)cc2)CC1. The zero-order chi connectivity index (χ0) is 24.4. The number of amides is 2. The Hall–Kier alpha value is -2.37. The van der Waals surface area contributed by atoms with Crippen LogP contribution in [-0.4, -0.2) is 72.3 Å². The predicted octanol–water partition coefficient (Wildman–Crippen LogP) is 5.12. The molecule has 0 aromatic heterocycles. The lowest BCUT2D eigenvalue weighted by molar-refractivity contribution is -0.133. The summed E-state index contributed by atoms with van der Waals surface area (Å²) in [4.78, 5) is 32.2. The third-order valence-electron chi connectivity index (χ3n) is 8.14. The lowest BCUT2D eigenvalue weighted by Crippen LogP contribution is -2.47. The van der Waals surface area contributed by atoms with E-state index in [4.69, 9.17) is 11.6 Å². The van der Waals surface area contributed by atoms with Gasteiger partial charge < -0.3 is 14.7 Å². The first kappa shape index (κ1) is 24.3. The summed E-state index contributed by atoms with van der Waals surface area (Å²) >= 11 is 6.70. The molecule has 5 rings (SSSR count). The smallest absolute Gasteiger partial charge is 0.253 e. The van der Waals surface area contributed by atoms with Gasteiger partial charge in [-0.15, -0.1) is 0 Å². The van der Waals surface area contributed by atoms with E-state index in [1.165, 1.54) is 19.3 Å². The first-order valence-corrected chi connectivity index (χ1v) is 13.5. The molecule has 0 bridgehead atoms. The summed E-state index contributed by atoms with van der Waals surface area (Å²) in [6.07, 6.45) is 7.76. The predicted molar refractivity (Wildman–Crippen MR) is 141 cm³/mol. The third-order valence-corrected chi connectivity index (χ3v) is 8.49. The van der Waals surface area contributed by atoms with Crippen molar-refractivity contribution in [3.8, 4) is 11.1 Å². The van der Waals surface area contributed by atoms with Gasteiger partial charge in [0.25, 0.3) is 5.91 Å². The molecule has 1 aliphatic carbocycles. The normalized spacial score (nSPS) is 22.1. The first-order chi connectivity index (χ1) is 17.0. The van der Waals surface area contributed by atoms with Crippen LogP contribution < -0.4 is 0 Å². The molecule has 0 N–H and O–H groups in total. The number of halogens is 1. The van der Waals surface area contributed by atoms with E-state index < -0.39 is 0 Å². The van der Waals surface area contributed by atoms with Crippen LogP contribution in [0.4, 0.5) is 0 Å². The minimum absolute atomic E-state index is 0.0418. The van der Waals surface area contributed by atoms with Crippen LogP contribution in [0.5, 0.6) is 0 Å². The van der Waals surface area contributed by atoms with E-state index in [0.29, 0.717) is 23.4 Å². The lowest BCUT2D eigenvalue weighted by Gasteiger charge is -2.32. The number of likely N-dealkylation sites (tertiary alicyclic amines) is 1. The molecule has 2 aromatic carbocycles. The largest absolute Gasteiger partial charge is 0.339 e. The van der Waals surface area contributed by atoms with Gasteiger partial charge in [-0.1, -0.05) is 55.1 Å². The Balaban J connectivity index is 1.22. The summed E-state index contributed by atoms with van der Waals surface area (Å²) in [7, 11) is 2.09. The van der Waals surface area contributed by atoms with Crippen LogP contribution in [-0.2, 0) is 11.2 Å². The first-order valence-electron chi connectivity index (χ1n) is 13.2. The molecular weight excluding hydrogens is 458 g/mol. The van der Waals surface area contributed by atoms with Gasteiger partial charge in [-0.2, -0.15) is 0 Å². The molecule has 3 fully saturated rings. The number of rotatable bonds is 5. The summed E-state index contributed by atoms with van der Waals surface area (Å²) in [5.41, 5.74) is 3.83. The maximum atomic E-state index is 13.1. The lowest BCUT2D eigenvalue weighted by atomic mass is 9.93. The van der Waals surface area contributed by atoms with Crippen molar-refractivity contribution in [3.63, 3.8) is 0 Å². The third kappa shape index (κ3) is 5.41. The number of nitrogens with zero attached hydrogens (tertiary/aromatic N) is 3. The minimum atomic E-state index is 0.0418. The molecule has 2 amide bonds. The second-order valence-corrected chi connectivity index (χ2v) is 10.9. The number of carbonyl (C=O) groups is 2. The highest BCUT2D eigenvalue weighted by Gasteiger charge is 2.36. The molecule has 186 valence electrons. The molecule has 6 heteroatoms. The number of benzene rings is 2. The van der Waals surface area contributed by atoms with Gasteiger partial charge in [0.15, 0.2) is 0 Å². The van der Waals surface area contributed by atoms with Gasteiger partial charge >= 0.3 is 0 Å². The van der Waals surface area contributed by atoms with Gasteiger partial charge in [-0.3, -0.25) is 9.59 Å². The van der Waals surface area contributed by atoms with Gasteiger partial charge in [0.2, 0.25) is 5.91 Å². The molecule has 3 aliphatic rings. The number of hydrogen-bond donors (Lipinski definition) is 0. The van der Waals surface area contributed by atoms with Gasteiger partial charge in [0, 0.05) is 55.3 Å². The maximum absolute atomic E-state index is 13.1. The molecule has 0 radical (unpaired) electrons. The minimum Gasteiger partial charge on any atom is -0.339 e. The molecule has 2 aromatic rings. The van der Waals surface area contributed by atoms with E-state index in [1.807, 2.05) is 35.2 Å². The molecular formula is C29H36ClN3O2. The second-order valence-electron chi connectivity index (χ2n) is 10.5. The monoisotopic (exact) mass is 493 g/mol. The number of carbonyl (C=O) groups excluding carboxylic acids is 2. The van der Waals surface area contributed by atoms with E-state index in [9.17, 15) is 9.59 Å². The van der Waals surface area contributed by atoms with Crippen LogP contribution in [0.15, 0.2) is 42.5 Å². The van der Waals surface area contributed by atoms with E-state index in [2.05, 4.69) is 29.0 Å². The van der Waals surface area contributed by atoms with Crippen LogP contribution >= 0.6 is 11.6 Å². The van der Waals surface area contributed by atoms with Crippen LogP contribution in [0.25, 0.3) is 11.1 Å². The summed E-state index contributed by atoms with van der Waals surface area (Å²) < 4.78 is 0. The molecule has 2 aliphatic heterocycles. The highest BCUT2D eigenvalue weighted by molar-refractivity contribution is 6.31. The number of hydrogen-bond acceptors (Lipinski definition) is 3. The van der Waals surface area contributed by atoms with Crippen molar-refractivity contribution in [2.75, 3.05) is 39.8 Å². The Bertz CT molecular complexity index is 1060. The fraction of sp³-hybridized carbons (Fsp3) is 0.517. The van der Waals surface area contributed by atoms with Crippen LogP contribution in [0, 0.1) is 5.92 Å². The Morgan fingerprint density at radius 1 is 0.886 bits per heavy atom. The molecule has 5 nitrogen and oxygen atoms in total. The van der Waals surface area contributed by atoms with Crippen molar-refractivity contribution in [2.24, 2.45) is 5.92 Å². The van der Waals surface area contributed by atoms with Crippen molar-refractivity contribution in [3.05, 3.63) is 58.6 Å². The van der Waals surface area contributed by atoms with Gasteiger partial charge in [-0.05, 0) is 67.6 Å². The highest BCUT2D eigenvalue weighted by Crippen LogP contribution is 2.33. The van der Waals surface area contributed by atoms with E-state index in [0.717, 1.165) is 74.2 Å². The van der Waals surface area contributed by atoms with Crippen LogP contribution in [0.2, 0.25) is 5.02 Å². The van der Waals surface area contributed by atoms with Gasteiger partial charge in [0.05, 0.1) is 0 Å². The zero-order valence-electron chi connectivity index (χ0n) is 20.7. The fourth-order valence-corrected chi connectivity index (χ4v) is 6.12. The number of likely N-dealkylation sites (N-methyl/N-ethyl adjacent to an activating group) is 1. The summed E-state index contributed by atoms with van der Waals surface area (Å²) in [5.74, 6) is 0.458. The van der Waals surface area contributed by atoms with Gasteiger partial charge in [0.1, 0.15) is 0 Å². The Morgan fingerprint density at radius 2 is 1.57 bits per heavy atom. The van der Waals surface area contributed by atoms with Crippen molar-refractivity contribution in [2.45, 2.75) is 51.0 Å². The van der Waals surface area contributed by atoms with Crippen LogP contribution in [0.3, 0.4) is 0 Å². The van der Waals surface area contributed by atoms with Crippen molar-refractivity contribution >= 4 is 23.4 Å². The average molecular weight is 494 g/mol. The maximum Gasteiger partial charge on any atom is 0.253 e. The van der Waals surface area contributed by atoms with Gasteiger partial charge in [-0.25, -0.2) is 0 Å². The number of piperazine rings is 1. The fourth-order valence-electron chi connectivity index (χ4n) is 5.86. The summed E-state index contributed by atoms with van der Waals surface area (Å²) in [6, 6.07) is 14.4. The topological polar surface area (TPSA) is 43.9 Å². The Kier molecular flexibility index (Phi) is 7.45. The summed E-state index contributed by atoms with van der Waals surface area (Å²) in [5, 5.41) is 0.712. The van der Waals surface area contributed by atoms with Crippen molar-refractivity contribution in [1.29, 1.82) is 0 Å². The standard InChI is InChI=1S/C29H36ClN3O2/c1-31-15-17-32(18-16-31)28(34)22-9-7-21(8-10-22)23-11-12-24(27(30)20-23)19-25-13-14-33(29(25)35)26-5-3-2-4-6-26/h7-12,20,25-26H,2-6,13-19H2,1H3. The van der Waals surface area contributed by atoms with Crippen molar-refractivity contribution in [1.82, 2.24) is 14.7 Å². The Morgan fingerprint density at radius 3 is 2.26 bits per heavy atom. The average Bonchev–Trinajstić information content (AvgIpc) is 3.25.